The Morgan fingerprint density at radius 2 is 1.62 bits per heavy atom. The third-order valence-corrected chi connectivity index (χ3v) is 5.50. The van der Waals surface area contributed by atoms with Crippen LogP contribution in [-0.4, -0.2) is 36.1 Å². The van der Waals surface area contributed by atoms with E-state index in [1.807, 2.05) is 54.8 Å². The molecule has 1 heterocycles. The second kappa shape index (κ2) is 10.7. The summed E-state index contributed by atoms with van der Waals surface area (Å²) in [6.45, 7) is 6.17. The van der Waals surface area contributed by atoms with Gasteiger partial charge < -0.3 is 4.74 Å². The topological polar surface area (TPSA) is 126 Å². The fourth-order valence-corrected chi connectivity index (χ4v) is 3.63. The Bertz CT molecular complexity index is 1070. The number of hydrogen-bond acceptors (Lipinski definition) is 7. The summed E-state index contributed by atoms with van der Waals surface area (Å²) in [6.07, 6.45) is 1.22. The molecule has 9 heteroatoms. The van der Waals surface area contributed by atoms with Crippen molar-refractivity contribution in [2.24, 2.45) is 10.5 Å². The van der Waals surface area contributed by atoms with Crippen molar-refractivity contribution < 1.29 is 23.9 Å². The molecule has 0 aromatic heterocycles. The van der Waals surface area contributed by atoms with Crippen molar-refractivity contribution in [1.29, 1.82) is 0 Å². The van der Waals surface area contributed by atoms with Gasteiger partial charge in [-0.1, -0.05) is 49.4 Å². The number of hydrogen-bond donors (Lipinski definition) is 3. The van der Waals surface area contributed by atoms with Crippen molar-refractivity contribution >= 4 is 35.2 Å². The van der Waals surface area contributed by atoms with E-state index >= 15 is 0 Å². The van der Waals surface area contributed by atoms with Crippen LogP contribution in [0.3, 0.4) is 0 Å². The molecule has 0 saturated carbocycles. The average molecular weight is 465 g/mol. The lowest BCUT2D eigenvalue weighted by molar-refractivity contribution is -0.154. The molecule has 0 bridgehead atoms. The van der Waals surface area contributed by atoms with E-state index in [1.165, 1.54) is 5.56 Å². The zero-order chi connectivity index (χ0) is 24.7. The molecule has 1 atom stereocenters. The summed E-state index contributed by atoms with van der Waals surface area (Å²) in [5.74, 6) is -1.74. The molecule has 178 valence electrons. The molecule has 4 amide bonds. The number of imide groups is 2. The van der Waals surface area contributed by atoms with E-state index in [4.69, 9.17) is 4.74 Å². The van der Waals surface area contributed by atoms with Crippen LogP contribution in [0.5, 0.6) is 0 Å². The van der Waals surface area contributed by atoms with Crippen LogP contribution in [0.2, 0.25) is 0 Å². The third-order valence-electron chi connectivity index (χ3n) is 5.50. The lowest BCUT2D eigenvalue weighted by atomic mass is 9.81. The van der Waals surface area contributed by atoms with Crippen LogP contribution in [0.1, 0.15) is 44.2 Å². The number of hydrazone groups is 1. The number of ether oxygens (including phenoxy) is 1. The highest BCUT2D eigenvalue weighted by molar-refractivity contribution is 6.68. The summed E-state index contributed by atoms with van der Waals surface area (Å²) in [4.78, 5) is 47.0. The van der Waals surface area contributed by atoms with Gasteiger partial charge in [0.15, 0.2) is 0 Å². The molecule has 9 nitrogen and oxygen atoms in total. The van der Waals surface area contributed by atoms with E-state index < -0.39 is 29.0 Å². The standard InChI is InChI=1S/C25H28N4O5/c1-16(18-7-5-4-6-8-18)15-25(2,3)23(32)34-14-13-17-9-11-19(12-10-17)28-29-20-21(30)26-24(33)27-22(20)31/h4-12,16,28H,13-15H2,1-3H3,(H2,26,27,30,31,33). The summed E-state index contributed by atoms with van der Waals surface area (Å²) < 4.78 is 5.54. The van der Waals surface area contributed by atoms with Gasteiger partial charge in [0, 0.05) is 6.42 Å². The van der Waals surface area contributed by atoms with Crippen LogP contribution in [0, 0.1) is 5.41 Å². The Hall–Kier alpha value is -4.01. The maximum Gasteiger partial charge on any atom is 0.328 e. The van der Waals surface area contributed by atoms with Crippen LogP contribution in [-0.2, 0) is 25.5 Å². The number of carbonyl (C=O) groups excluding carboxylic acids is 4. The number of rotatable bonds is 9. The fourth-order valence-electron chi connectivity index (χ4n) is 3.63. The fraction of sp³-hybridized carbons (Fsp3) is 0.320. The zero-order valence-corrected chi connectivity index (χ0v) is 19.4. The Labute approximate surface area is 198 Å². The van der Waals surface area contributed by atoms with Gasteiger partial charge in [0.1, 0.15) is 0 Å². The summed E-state index contributed by atoms with van der Waals surface area (Å²) >= 11 is 0. The van der Waals surface area contributed by atoms with Gasteiger partial charge in [-0.25, -0.2) is 4.79 Å². The van der Waals surface area contributed by atoms with Crippen molar-refractivity contribution in [3.63, 3.8) is 0 Å². The van der Waals surface area contributed by atoms with Crippen LogP contribution >= 0.6 is 0 Å². The van der Waals surface area contributed by atoms with Crippen LogP contribution in [0.25, 0.3) is 0 Å². The molecule has 34 heavy (non-hydrogen) atoms. The molecule has 0 radical (unpaired) electrons. The van der Waals surface area contributed by atoms with E-state index in [2.05, 4.69) is 29.6 Å². The van der Waals surface area contributed by atoms with Crippen molar-refractivity contribution in [2.45, 2.75) is 39.5 Å². The number of barbiturate groups is 1. The lowest BCUT2D eigenvalue weighted by Gasteiger charge is -2.26. The number of amides is 4. The first-order valence-corrected chi connectivity index (χ1v) is 11.0. The van der Waals surface area contributed by atoms with Gasteiger partial charge in [-0.2, -0.15) is 5.10 Å². The van der Waals surface area contributed by atoms with Crippen molar-refractivity contribution in [1.82, 2.24) is 10.6 Å². The molecule has 1 aliphatic rings. The van der Waals surface area contributed by atoms with Gasteiger partial charge in [0.2, 0.25) is 5.71 Å². The first kappa shape index (κ1) is 24.6. The first-order valence-electron chi connectivity index (χ1n) is 11.0. The molecule has 1 saturated heterocycles. The number of carbonyl (C=O) groups is 4. The van der Waals surface area contributed by atoms with Crippen molar-refractivity contribution in [3.05, 3.63) is 65.7 Å². The average Bonchev–Trinajstić information content (AvgIpc) is 2.79. The van der Waals surface area contributed by atoms with Crippen LogP contribution < -0.4 is 16.1 Å². The predicted molar refractivity (Wildman–Crippen MR) is 127 cm³/mol. The minimum absolute atomic E-state index is 0.230. The molecule has 1 fully saturated rings. The minimum Gasteiger partial charge on any atom is -0.465 e. The SMILES string of the molecule is CC(CC(C)(C)C(=O)OCCc1ccc(NN=C2C(=O)NC(=O)NC2=O)cc1)c1ccccc1. The quantitative estimate of drug-likeness (QED) is 0.387. The Kier molecular flexibility index (Phi) is 7.78. The van der Waals surface area contributed by atoms with Crippen molar-refractivity contribution in [2.75, 3.05) is 12.0 Å². The van der Waals surface area contributed by atoms with Crippen LogP contribution in [0.4, 0.5) is 10.5 Å². The summed E-state index contributed by atoms with van der Waals surface area (Å²) in [7, 11) is 0. The van der Waals surface area contributed by atoms with Gasteiger partial charge in [-0.05, 0) is 49.4 Å². The maximum absolute atomic E-state index is 12.7. The highest BCUT2D eigenvalue weighted by Crippen LogP contribution is 2.32. The summed E-state index contributed by atoms with van der Waals surface area (Å²) in [6, 6.07) is 16.3. The number of nitrogens with zero attached hydrogens (tertiary/aromatic N) is 1. The monoisotopic (exact) mass is 464 g/mol. The van der Waals surface area contributed by atoms with E-state index in [0.29, 0.717) is 18.5 Å². The highest BCUT2D eigenvalue weighted by Gasteiger charge is 2.32. The smallest absolute Gasteiger partial charge is 0.328 e. The van der Waals surface area contributed by atoms with Gasteiger partial charge in [0.05, 0.1) is 17.7 Å². The van der Waals surface area contributed by atoms with Gasteiger partial charge in [-0.3, -0.25) is 30.4 Å². The van der Waals surface area contributed by atoms with Gasteiger partial charge in [-0.15, -0.1) is 0 Å². The highest BCUT2D eigenvalue weighted by atomic mass is 16.5. The number of nitrogens with one attached hydrogen (secondary N) is 3. The normalized spacial score (nSPS) is 14.7. The third kappa shape index (κ3) is 6.50. The number of urea groups is 1. The van der Waals surface area contributed by atoms with Crippen molar-refractivity contribution in [3.8, 4) is 0 Å². The molecule has 1 aliphatic heterocycles. The summed E-state index contributed by atoms with van der Waals surface area (Å²) in [5, 5.41) is 7.65. The summed E-state index contributed by atoms with van der Waals surface area (Å²) in [5.41, 5.74) is 4.24. The van der Waals surface area contributed by atoms with E-state index in [0.717, 1.165) is 5.56 Å². The van der Waals surface area contributed by atoms with E-state index in [-0.39, 0.29) is 18.5 Å². The molecule has 0 aliphatic carbocycles. The number of benzene rings is 2. The van der Waals surface area contributed by atoms with Gasteiger partial charge in [0.25, 0.3) is 11.8 Å². The Balaban J connectivity index is 1.47. The maximum atomic E-state index is 12.7. The van der Waals surface area contributed by atoms with E-state index in [9.17, 15) is 19.2 Å². The first-order chi connectivity index (χ1) is 16.2. The predicted octanol–water partition coefficient (Wildman–Crippen LogP) is 3.13. The van der Waals surface area contributed by atoms with Gasteiger partial charge >= 0.3 is 12.0 Å². The van der Waals surface area contributed by atoms with E-state index in [1.54, 1.807) is 12.1 Å². The molecule has 3 N–H and O–H groups in total. The molecular formula is C25H28N4O5. The molecule has 1 unspecified atom stereocenters. The molecular weight excluding hydrogens is 436 g/mol. The minimum atomic E-state index is -0.881. The van der Waals surface area contributed by atoms with Crippen LogP contribution in [0.15, 0.2) is 59.7 Å². The second-order valence-corrected chi connectivity index (χ2v) is 8.79. The molecule has 0 spiro atoms. The zero-order valence-electron chi connectivity index (χ0n) is 19.4. The second-order valence-electron chi connectivity index (χ2n) is 8.79. The Morgan fingerprint density at radius 1 is 1.00 bits per heavy atom. The molecule has 3 rings (SSSR count). The Morgan fingerprint density at radius 3 is 2.24 bits per heavy atom. The molecule has 2 aromatic rings. The number of esters is 1. The lowest BCUT2D eigenvalue weighted by Crippen LogP contribution is -2.56. The largest absolute Gasteiger partial charge is 0.465 e. The number of anilines is 1. The molecule has 2 aromatic carbocycles.